The van der Waals surface area contributed by atoms with Gasteiger partial charge in [0.2, 0.25) is 0 Å². The van der Waals surface area contributed by atoms with Crippen molar-refractivity contribution in [1.29, 1.82) is 5.26 Å². The van der Waals surface area contributed by atoms with Gasteiger partial charge in [-0.2, -0.15) is 5.26 Å². The fraction of sp³-hybridized carbons (Fsp3) is 0.0714. The predicted octanol–water partition coefficient (Wildman–Crippen LogP) is 3.88. The first-order valence-electron chi connectivity index (χ1n) is 5.39. The SMILES string of the molecule is Cl.N#Cc1ccc(Cl)cc1Oc1cccc(CN)c1. The minimum absolute atomic E-state index is 0. The summed E-state index contributed by atoms with van der Waals surface area (Å²) in [5, 5.41) is 9.52. The van der Waals surface area contributed by atoms with Crippen LogP contribution < -0.4 is 10.5 Å². The normalized spacial score (nSPS) is 9.32. The molecule has 2 N–H and O–H groups in total. The highest BCUT2D eigenvalue weighted by Gasteiger charge is 2.06. The van der Waals surface area contributed by atoms with Gasteiger partial charge in [0, 0.05) is 17.6 Å². The fourth-order valence-electron chi connectivity index (χ4n) is 1.54. The third kappa shape index (κ3) is 3.87. The van der Waals surface area contributed by atoms with Gasteiger partial charge in [-0.3, -0.25) is 0 Å². The van der Waals surface area contributed by atoms with Crippen LogP contribution in [0.1, 0.15) is 11.1 Å². The molecule has 98 valence electrons. The smallest absolute Gasteiger partial charge is 0.146 e. The lowest BCUT2D eigenvalue weighted by Gasteiger charge is -2.08. The summed E-state index contributed by atoms with van der Waals surface area (Å²) in [5.74, 6) is 1.08. The van der Waals surface area contributed by atoms with Crippen LogP contribution in [0.3, 0.4) is 0 Å². The van der Waals surface area contributed by atoms with E-state index < -0.39 is 0 Å². The highest BCUT2D eigenvalue weighted by molar-refractivity contribution is 6.30. The van der Waals surface area contributed by atoms with Gasteiger partial charge in [0.1, 0.15) is 17.6 Å². The average molecular weight is 295 g/mol. The van der Waals surface area contributed by atoms with Gasteiger partial charge >= 0.3 is 0 Å². The number of hydrogen-bond acceptors (Lipinski definition) is 3. The van der Waals surface area contributed by atoms with Crippen LogP contribution in [0.5, 0.6) is 11.5 Å². The molecule has 2 rings (SSSR count). The Morgan fingerprint density at radius 1 is 1.21 bits per heavy atom. The molecule has 0 unspecified atom stereocenters. The highest BCUT2D eigenvalue weighted by Crippen LogP contribution is 2.28. The molecule has 0 amide bonds. The molecule has 0 fully saturated rings. The molecule has 0 aliphatic rings. The van der Waals surface area contributed by atoms with E-state index in [9.17, 15) is 0 Å². The Balaban J connectivity index is 0.00000180. The topological polar surface area (TPSA) is 59.0 Å². The van der Waals surface area contributed by atoms with Crippen LogP contribution in [0.2, 0.25) is 5.02 Å². The standard InChI is InChI=1S/C14H11ClN2O.ClH/c15-12-5-4-11(9-17)14(7-12)18-13-3-1-2-10(6-13)8-16;/h1-7H,8,16H2;1H. The molecular formula is C14H12Cl2N2O. The second kappa shape index (κ2) is 7.01. The van der Waals surface area contributed by atoms with E-state index >= 15 is 0 Å². The summed E-state index contributed by atoms with van der Waals surface area (Å²) in [4.78, 5) is 0. The number of benzene rings is 2. The van der Waals surface area contributed by atoms with Crippen molar-refractivity contribution in [2.45, 2.75) is 6.54 Å². The van der Waals surface area contributed by atoms with E-state index in [1.54, 1.807) is 24.3 Å². The third-order valence-corrected chi connectivity index (χ3v) is 2.66. The molecular weight excluding hydrogens is 283 g/mol. The monoisotopic (exact) mass is 294 g/mol. The molecule has 2 aromatic rings. The van der Waals surface area contributed by atoms with E-state index in [0.717, 1.165) is 5.56 Å². The molecule has 0 aliphatic carbocycles. The Bertz CT molecular complexity index is 609. The third-order valence-electron chi connectivity index (χ3n) is 2.43. The molecule has 0 heterocycles. The zero-order chi connectivity index (χ0) is 13.0. The van der Waals surface area contributed by atoms with Gasteiger partial charge < -0.3 is 10.5 Å². The Labute approximate surface area is 123 Å². The van der Waals surface area contributed by atoms with Crippen LogP contribution in [0.4, 0.5) is 0 Å². The van der Waals surface area contributed by atoms with Gasteiger partial charge in [-0.25, -0.2) is 0 Å². The number of hydrogen-bond donors (Lipinski definition) is 1. The first-order valence-corrected chi connectivity index (χ1v) is 5.77. The van der Waals surface area contributed by atoms with Crippen molar-refractivity contribution in [2.24, 2.45) is 5.73 Å². The number of nitrogens with zero attached hydrogens (tertiary/aromatic N) is 1. The lowest BCUT2D eigenvalue weighted by Crippen LogP contribution is -1.96. The summed E-state index contributed by atoms with van der Waals surface area (Å²) in [6.07, 6.45) is 0. The van der Waals surface area contributed by atoms with E-state index in [1.165, 1.54) is 0 Å². The lowest BCUT2D eigenvalue weighted by atomic mass is 10.2. The highest BCUT2D eigenvalue weighted by atomic mass is 35.5. The molecule has 0 aliphatic heterocycles. The molecule has 3 nitrogen and oxygen atoms in total. The molecule has 0 radical (unpaired) electrons. The summed E-state index contributed by atoms with van der Waals surface area (Å²) >= 11 is 5.89. The number of ether oxygens (including phenoxy) is 1. The first-order chi connectivity index (χ1) is 8.72. The Hall–Kier alpha value is -1.73. The van der Waals surface area contributed by atoms with Crippen molar-refractivity contribution in [3.05, 3.63) is 58.6 Å². The summed E-state index contributed by atoms with van der Waals surface area (Å²) < 4.78 is 5.66. The minimum atomic E-state index is 0. The largest absolute Gasteiger partial charge is 0.456 e. The predicted molar refractivity (Wildman–Crippen MR) is 77.8 cm³/mol. The van der Waals surface area contributed by atoms with Crippen LogP contribution in [0.15, 0.2) is 42.5 Å². The van der Waals surface area contributed by atoms with Crippen LogP contribution in [-0.2, 0) is 6.54 Å². The van der Waals surface area contributed by atoms with Crippen molar-refractivity contribution >= 4 is 24.0 Å². The Kier molecular flexibility index (Phi) is 5.65. The average Bonchev–Trinajstić information content (AvgIpc) is 2.39. The number of halogens is 2. The maximum Gasteiger partial charge on any atom is 0.146 e. The van der Waals surface area contributed by atoms with E-state index in [4.69, 9.17) is 27.3 Å². The summed E-state index contributed by atoms with van der Waals surface area (Å²) in [6, 6.07) is 14.4. The van der Waals surface area contributed by atoms with Gasteiger partial charge in [0.15, 0.2) is 0 Å². The zero-order valence-electron chi connectivity index (χ0n) is 9.97. The van der Waals surface area contributed by atoms with Gasteiger partial charge in [0.05, 0.1) is 5.56 Å². The fourth-order valence-corrected chi connectivity index (χ4v) is 1.70. The summed E-state index contributed by atoms with van der Waals surface area (Å²) in [7, 11) is 0. The quantitative estimate of drug-likeness (QED) is 0.934. The molecule has 0 atom stereocenters. The maximum absolute atomic E-state index is 9.00. The maximum atomic E-state index is 9.00. The molecule has 5 heteroatoms. The van der Waals surface area contributed by atoms with E-state index in [-0.39, 0.29) is 12.4 Å². The Morgan fingerprint density at radius 2 is 2.00 bits per heavy atom. The van der Waals surface area contributed by atoms with Crippen molar-refractivity contribution in [2.75, 3.05) is 0 Å². The minimum Gasteiger partial charge on any atom is -0.456 e. The van der Waals surface area contributed by atoms with Crippen molar-refractivity contribution < 1.29 is 4.74 Å². The van der Waals surface area contributed by atoms with E-state index in [0.29, 0.717) is 28.6 Å². The lowest BCUT2D eigenvalue weighted by molar-refractivity contribution is 0.480. The van der Waals surface area contributed by atoms with Gasteiger partial charge in [0.25, 0.3) is 0 Å². The van der Waals surface area contributed by atoms with Crippen LogP contribution in [0.25, 0.3) is 0 Å². The molecule has 0 aromatic heterocycles. The number of nitrogens with two attached hydrogens (primary N) is 1. The van der Waals surface area contributed by atoms with Crippen molar-refractivity contribution in [3.63, 3.8) is 0 Å². The molecule has 0 spiro atoms. The summed E-state index contributed by atoms with van der Waals surface area (Å²) in [5.41, 5.74) is 6.97. The van der Waals surface area contributed by atoms with Gasteiger partial charge in [-0.05, 0) is 29.8 Å². The summed E-state index contributed by atoms with van der Waals surface area (Å²) in [6.45, 7) is 0.442. The molecule has 0 saturated heterocycles. The van der Waals surface area contributed by atoms with Crippen LogP contribution in [-0.4, -0.2) is 0 Å². The van der Waals surface area contributed by atoms with Crippen LogP contribution >= 0.6 is 24.0 Å². The van der Waals surface area contributed by atoms with Gasteiger partial charge in [-0.1, -0.05) is 23.7 Å². The molecule has 0 bridgehead atoms. The van der Waals surface area contributed by atoms with Crippen molar-refractivity contribution in [1.82, 2.24) is 0 Å². The number of rotatable bonds is 3. The molecule has 0 saturated carbocycles. The zero-order valence-corrected chi connectivity index (χ0v) is 11.5. The van der Waals surface area contributed by atoms with Crippen LogP contribution in [0, 0.1) is 11.3 Å². The number of nitriles is 1. The van der Waals surface area contributed by atoms with E-state index in [1.807, 2.05) is 18.2 Å². The first kappa shape index (κ1) is 15.3. The van der Waals surface area contributed by atoms with Crippen molar-refractivity contribution in [3.8, 4) is 17.6 Å². The van der Waals surface area contributed by atoms with E-state index in [2.05, 4.69) is 6.07 Å². The molecule has 19 heavy (non-hydrogen) atoms. The Morgan fingerprint density at radius 3 is 2.68 bits per heavy atom. The van der Waals surface area contributed by atoms with Gasteiger partial charge in [-0.15, -0.1) is 12.4 Å². The molecule has 2 aromatic carbocycles. The second-order valence-electron chi connectivity index (χ2n) is 3.71. The second-order valence-corrected chi connectivity index (χ2v) is 4.14.